The van der Waals surface area contributed by atoms with Gasteiger partial charge in [0.15, 0.2) is 0 Å². The van der Waals surface area contributed by atoms with Crippen molar-refractivity contribution >= 4 is 0 Å². The lowest BCUT2D eigenvalue weighted by Crippen LogP contribution is -2.04. The summed E-state index contributed by atoms with van der Waals surface area (Å²) in [5.74, 6) is 1.29. The topological polar surface area (TPSA) is 0 Å². The molecule has 0 amide bonds. The quantitative estimate of drug-likeness (QED) is 0.446. The highest BCUT2D eigenvalue weighted by Gasteiger charge is 2.21. The van der Waals surface area contributed by atoms with Crippen LogP contribution in [-0.4, -0.2) is 0 Å². The zero-order valence-corrected chi connectivity index (χ0v) is 12.5. The van der Waals surface area contributed by atoms with Crippen molar-refractivity contribution in [2.75, 3.05) is 0 Å². The van der Waals surface area contributed by atoms with Crippen LogP contribution in [0.25, 0.3) is 0 Å². The first kappa shape index (κ1) is 13.5. The van der Waals surface area contributed by atoms with E-state index in [-0.39, 0.29) is 0 Å². The Labute approximate surface area is 127 Å². The van der Waals surface area contributed by atoms with E-state index in [0.29, 0.717) is 0 Å². The van der Waals surface area contributed by atoms with E-state index in [1.165, 1.54) is 33.7 Å². The molecule has 0 aromatic heterocycles. The molecule has 21 heavy (non-hydrogen) atoms. The largest absolute Gasteiger partial charge is 0.0631 e. The molecule has 0 atom stereocenters. The van der Waals surface area contributed by atoms with Crippen molar-refractivity contribution < 1.29 is 0 Å². The number of rotatable bonds is 3. The smallest absolute Gasteiger partial charge is 0.0511 e. The van der Waals surface area contributed by atoms with E-state index in [2.05, 4.69) is 92.7 Å². The first-order valence-corrected chi connectivity index (χ1v) is 7.30. The molecule has 3 aromatic carbocycles. The van der Waals surface area contributed by atoms with Gasteiger partial charge in [0, 0.05) is 0 Å². The van der Waals surface area contributed by atoms with Gasteiger partial charge in [-0.1, -0.05) is 6.07 Å². The van der Waals surface area contributed by atoms with Crippen LogP contribution in [0.4, 0.5) is 0 Å². The Morgan fingerprint density at radius 3 is 1.29 bits per heavy atom. The molecule has 0 fully saturated rings. The monoisotopic (exact) mass is 271 g/mol. The molecule has 0 heterocycles. The molecule has 0 aliphatic heterocycles. The molecular weight excluding hydrogens is 252 g/mol. The summed E-state index contributed by atoms with van der Waals surface area (Å²) < 4.78 is 0. The molecule has 0 spiro atoms. The Morgan fingerprint density at radius 1 is 0.476 bits per heavy atom. The van der Waals surface area contributed by atoms with Crippen LogP contribution in [0.3, 0.4) is 0 Å². The van der Waals surface area contributed by atoms with Gasteiger partial charge in [-0.05, 0) is 97.8 Å². The molecule has 3 aromatic rings. The van der Waals surface area contributed by atoms with E-state index in [0.717, 1.165) is 0 Å². The number of hydrogen-bond acceptors (Lipinski definition) is 0. The van der Waals surface area contributed by atoms with Crippen LogP contribution < -0.4 is 0 Å². The number of aryl methyl sites for hydroxylation is 2. The summed E-state index contributed by atoms with van der Waals surface area (Å²) in [6.07, 6.45) is 0. The first-order valence-electron chi connectivity index (χ1n) is 7.30. The Morgan fingerprint density at radius 2 is 0.857 bits per heavy atom. The SMILES string of the molecule is Cc1ccc([C+](c2ccccc2)c2ccc(C)cc2)cc1. The van der Waals surface area contributed by atoms with Crippen LogP contribution in [0.5, 0.6) is 0 Å². The van der Waals surface area contributed by atoms with E-state index in [4.69, 9.17) is 0 Å². The van der Waals surface area contributed by atoms with Crippen LogP contribution in [0, 0.1) is 19.8 Å². The van der Waals surface area contributed by atoms with Gasteiger partial charge in [0.25, 0.3) is 0 Å². The van der Waals surface area contributed by atoms with E-state index in [9.17, 15) is 0 Å². The predicted octanol–water partition coefficient (Wildman–Crippen LogP) is 5.32. The Hall–Kier alpha value is -2.47. The van der Waals surface area contributed by atoms with E-state index >= 15 is 0 Å². The van der Waals surface area contributed by atoms with Crippen LogP contribution in [0.1, 0.15) is 27.8 Å². The minimum Gasteiger partial charge on any atom is -0.0511 e. The summed E-state index contributed by atoms with van der Waals surface area (Å²) >= 11 is 0. The van der Waals surface area contributed by atoms with Gasteiger partial charge in [0.05, 0.1) is 22.6 Å². The fourth-order valence-corrected chi connectivity index (χ4v) is 2.55. The third-order valence-electron chi connectivity index (χ3n) is 3.74. The van der Waals surface area contributed by atoms with Crippen molar-refractivity contribution in [1.29, 1.82) is 0 Å². The van der Waals surface area contributed by atoms with Gasteiger partial charge < -0.3 is 0 Å². The van der Waals surface area contributed by atoms with Gasteiger partial charge in [-0.2, -0.15) is 0 Å². The molecule has 0 saturated heterocycles. The lowest BCUT2D eigenvalue weighted by molar-refractivity contribution is 1.21. The summed E-state index contributed by atoms with van der Waals surface area (Å²) in [5, 5.41) is 0. The second kappa shape index (κ2) is 5.88. The van der Waals surface area contributed by atoms with Gasteiger partial charge in [0.1, 0.15) is 0 Å². The first-order chi connectivity index (χ1) is 10.2. The average Bonchev–Trinajstić information content (AvgIpc) is 2.52. The van der Waals surface area contributed by atoms with Crippen LogP contribution in [0.2, 0.25) is 0 Å². The van der Waals surface area contributed by atoms with Crippen molar-refractivity contribution in [3.05, 3.63) is 113 Å². The molecule has 3 rings (SSSR count). The summed E-state index contributed by atoms with van der Waals surface area (Å²) in [5.41, 5.74) is 6.35. The van der Waals surface area contributed by atoms with E-state index in [1.54, 1.807) is 0 Å². The standard InChI is InChI=1S/C21H19/c1-16-8-12-19(13-9-16)21(18-6-4-3-5-7-18)20-14-10-17(2)11-15-20/h3-15H,1-2H3/q+1. The molecule has 0 nitrogen and oxygen atoms in total. The molecule has 0 heteroatoms. The van der Waals surface area contributed by atoms with Gasteiger partial charge in [0.2, 0.25) is 0 Å². The second-order valence-corrected chi connectivity index (χ2v) is 5.47. The van der Waals surface area contributed by atoms with Gasteiger partial charge in [-0.15, -0.1) is 0 Å². The van der Waals surface area contributed by atoms with Crippen LogP contribution in [0.15, 0.2) is 78.9 Å². The minimum absolute atomic E-state index is 1.25. The normalized spacial score (nSPS) is 10.4. The maximum atomic E-state index is 2.21. The third kappa shape index (κ3) is 3.00. The van der Waals surface area contributed by atoms with Gasteiger partial charge in [-0.3, -0.25) is 0 Å². The highest BCUT2D eigenvalue weighted by atomic mass is 14.2. The van der Waals surface area contributed by atoms with Crippen molar-refractivity contribution in [2.45, 2.75) is 13.8 Å². The number of hydrogen-bond donors (Lipinski definition) is 0. The zero-order valence-electron chi connectivity index (χ0n) is 12.5. The zero-order chi connectivity index (χ0) is 14.7. The Kier molecular flexibility index (Phi) is 3.79. The van der Waals surface area contributed by atoms with Gasteiger partial charge in [-0.25, -0.2) is 0 Å². The Balaban J connectivity index is 2.11. The fraction of sp³-hybridized carbons (Fsp3) is 0.0952. The molecular formula is C21H19+. The third-order valence-corrected chi connectivity index (χ3v) is 3.74. The van der Waals surface area contributed by atoms with E-state index < -0.39 is 0 Å². The molecule has 0 radical (unpaired) electrons. The highest BCUT2D eigenvalue weighted by Crippen LogP contribution is 2.31. The Bertz CT molecular complexity index is 646. The molecule has 0 N–H and O–H groups in total. The summed E-state index contributed by atoms with van der Waals surface area (Å²) in [6, 6.07) is 28.1. The maximum absolute atomic E-state index is 2.21. The van der Waals surface area contributed by atoms with E-state index in [1.807, 2.05) is 0 Å². The summed E-state index contributed by atoms with van der Waals surface area (Å²) in [6.45, 7) is 4.25. The minimum atomic E-state index is 1.25. The summed E-state index contributed by atoms with van der Waals surface area (Å²) in [7, 11) is 0. The van der Waals surface area contributed by atoms with Crippen molar-refractivity contribution in [3.8, 4) is 0 Å². The molecule has 0 aliphatic carbocycles. The highest BCUT2D eigenvalue weighted by molar-refractivity contribution is 5.57. The molecule has 0 saturated carbocycles. The maximum Gasteiger partial charge on any atom is 0.0631 e. The van der Waals surface area contributed by atoms with Gasteiger partial charge >= 0.3 is 0 Å². The molecule has 0 unspecified atom stereocenters. The second-order valence-electron chi connectivity index (χ2n) is 5.47. The molecule has 0 aliphatic rings. The fourth-order valence-electron chi connectivity index (χ4n) is 2.55. The average molecular weight is 271 g/mol. The molecule has 0 bridgehead atoms. The molecule has 102 valence electrons. The van der Waals surface area contributed by atoms with Crippen molar-refractivity contribution in [2.24, 2.45) is 0 Å². The summed E-state index contributed by atoms with van der Waals surface area (Å²) in [4.78, 5) is 0. The van der Waals surface area contributed by atoms with Crippen molar-refractivity contribution in [3.63, 3.8) is 0 Å². The lowest BCUT2D eigenvalue weighted by Gasteiger charge is -2.13. The van der Waals surface area contributed by atoms with Crippen LogP contribution in [-0.2, 0) is 0 Å². The lowest BCUT2D eigenvalue weighted by atomic mass is 9.85. The number of benzene rings is 3. The van der Waals surface area contributed by atoms with Crippen molar-refractivity contribution in [1.82, 2.24) is 0 Å². The van der Waals surface area contributed by atoms with Crippen LogP contribution >= 0.6 is 0 Å². The predicted molar refractivity (Wildman–Crippen MR) is 89.3 cm³/mol.